The Hall–Kier alpha value is -2.28. The van der Waals surface area contributed by atoms with Crippen molar-refractivity contribution in [2.24, 2.45) is 5.73 Å². The third-order valence-corrected chi connectivity index (χ3v) is 2.07. The van der Waals surface area contributed by atoms with E-state index in [-0.39, 0.29) is 12.3 Å². The minimum absolute atomic E-state index is 0.151. The Balaban J connectivity index is 2.25. The maximum atomic E-state index is 11.5. The first kappa shape index (κ1) is 11.2. The first-order valence-corrected chi connectivity index (χ1v) is 5.11. The molecule has 2 rings (SSSR count). The van der Waals surface area contributed by atoms with Crippen molar-refractivity contribution in [3.63, 3.8) is 0 Å². The first-order chi connectivity index (χ1) is 8.31. The van der Waals surface area contributed by atoms with Crippen LogP contribution in [-0.4, -0.2) is 32.2 Å². The van der Waals surface area contributed by atoms with E-state index in [0.29, 0.717) is 18.1 Å². The zero-order valence-corrected chi connectivity index (χ0v) is 9.08. The summed E-state index contributed by atoms with van der Waals surface area (Å²) in [5.74, 6) is 0.372. The van der Waals surface area contributed by atoms with E-state index in [1.54, 1.807) is 18.3 Å². The van der Waals surface area contributed by atoms with Crippen LogP contribution >= 0.6 is 0 Å². The molecule has 17 heavy (non-hydrogen) atoms. The maximum absolute atomic E-state index is 11.5. The monoisotopic (exact) mass is 232 g/mol. The molecule has 0 atom stereocenters. The van der Waals surface area contributed by atoms with Gasteiger partial charge in [-0.2, -0.15) is 5.10 Å². The average molecular weight is 232 g/mol. The molecule has 7 heteroatoms. The maximum Gasteiger partial charge on any atom is 0.225 e. The number of aromatic nitrogens is 4. The molecule has 2 aromatic rings. The first-order valence-electron chi connectivity index (χ1n) is 5.11. The van der Waals surface area contributed by atoms with Crippen LogP contribution in [0.1, 0.15) is 6.42 Å². The number of nitrogens with zero attached hydrogens (tertiary/aromatic N) is 4. The van der Waals surface area contributed by atoms with Crippen molar-refractivity contribution in [2.45, 2.75) is 6.42 Å². The topological polar surface area (TPSA) is 98.7 Å². The van der Waals surface area contributed by atoms with Crippen LogP contribution in [0.5, 0.6) is 0 Å². The van der Waals surface area contributed by atoms with Crippen molar-refractivity contribution in [3.8, 4) is 5.82 Å². The molecule has 88 valence electrons. The highest BCUT2D eigenvalue weighted by molar-refractivity contribution is 5.92. The molecular formula is C10H12N6O. The van der Waals surface area contributed by atoms with Crippen LogP contribution in [0.4, 0.5) is 5.69 Å². The van der Waals surface area contributed by atoms with Gasteiger partial charge in [-0.1, -0.05) is 0 Å². The number of anilines is 1. The molecule has 0 spiro atoms. The highest BCUT2D eigenvalue weighted by Gasteiger charge is 2.08. The van der Waals surface area contributed by atoms with Crippen molar-refractivity contribution >= 4 is 11.6 Å². The Morgan fingerprint density at radius 1 is 1.53 bits per heavy atom. The van der Waals surface area contributed by atoms with Crippen LogP contribution in [0.2, 0.25) is 0 Å². The molecular weight excluding hydrogens is 220 g/mol. The van der Waals surface area contributed by atoms with E-state index in [9.17, 15) is 4.79 Å². The fourth-order valence-electron chi connectivity index (χ4n) is 1.34. The standard InChI is InChI=1S/C10H12N6O/c11-4-3-9(17)15-8-2-1-5-13-10(8)16-7-12-6-14-16/h1-2,5-7H,3-4,11H2,(H,15,17). The van der Waals surface area contributed by atoms with Gasteiger partial charge in [-0.05, 0) is 12.1 Å². The van der Waals surface area contributed by atoms with Crippen LogP contribution in [0, 0.1) is 0 Å². The molecule has 1 amide bonds. The SMILES string of the molecule is NCCC(=O)Nc1cccnc1-n1cncn1. The molecule has 2 aromatic heterocycles. The molecule has 2 heterocycles. The summed E-state index contributed by atoms with van der Waals surface area (Å²) in [5, 5.41) is 6.70. The third kappa shape index (κ3) is 2.64. The van der Waals surface area contributed by atoms with Gasteiger partial charge in [0.15, 0.2) is 5.82 Å². The molecule has 0 radical (unpaired) electrons. The van der Waals surface area contributed by atoms with E-state index in [1.165, 1.54) is 17.3 Å². The summed E-state index contributed by atoms with van der Waals surface area (Å²) >= 11 is 0. The lowest BCUT2D eigenvalue weighted by molar-refractivity contribution is -0.116. The van der Waals surface area contributed by atoms with Gasteiger partial charge in [0.1, 0.15) is 12.7 Å². The van der Waals surface area contributed by atoms with Crippen molar-refractivity contribution in [1.29, 1.82) is 0 Å². The predicted molar refractivity (Wildman–Crippen MR) is 61.5 cm³/mol. The van der Waals surface area contributed by atoms with E-state index < -0.39 is 0 Å². The highest BCUT2D eigenvalue weighted by Crippen LogP contribution is 2.15. The zero-order valence-electron chi connectivity index (χ0n) is 9.08. The molecule has 3 N–H and O–H groups in total. The Morgan fingerprint density at radius 2 is 2.41 bits per heavy atom. The Labute approximate surface area is 97.7 Å². The average Bonchev–Trinajstić information content (AvgIpc) is 2.83. The molecule has 7 nitrogen and oxygen atoms in total. The van der Waals surface area contributed by atoms with Crippen LogP contribution in [-0.2, 0) is 4.79 Å². The van der Waals surface area contributed by atoms with Gasteiger partial charge in [0.2, 0.25) is 5.91 Å². The second-order valence-electron chi connectivity index (χ2n) is 3.30. The number of rotatable bonds is 4. The third-order valence-electron chi connectivity index (χ3n) is 2.07. The molecule has 0 bridgehead atoms. The van der Waals surface area contributed by atoms with Gasteiger partial charge in [-0.3, -0.25) is 4.79 Å². The summed E-state index contributed by atoms with van der Waals surface area (Å²) in [7, 11) is 0. The van der Waals surface area contributed by atoms with Crippen LogP contribution in [0.25, 0.3) is 5.82 Å². The summed E-state index contributed by atoms with van der Waals surface area (Å²) in [5.41, 5.74) is 5.89. The van der Waals surface area contributed by atoms with Crippen LogP contribution in [0.15, 0.2) is 31.0 Å². The number of amides is 1. The van der Waals surface area contributed by atoms with E-state index in [4.69, 9.17) is 5.73 Å². The molecule has 0 aliphatic carbocycles. The summed E-state index contributed by atoms with van der Waals surface area (Å²) in [6.45, 7) is 0.310. The minimum atomic E-state index is -0.151. The predicted octanol–water partition coefficient (Wildman–Crippen LogP) is -0.0504. The van der Waals surface area contributed by atoms with Gasteiger partial charge < -0.3 is 11.1 Å². The molecule has 0 unspecified atom stereocenters. The normalized spacial score (nSPS) is 10.2. The fraction of sp³-hybridized carbons (Fsp3) is 0.200. The Morgan fingerprint density at radius 3 is 3.12 bits per heavy atom. The number of nitrogens with one attached hydrogen (secondary N) is 1. The molecule has 0 fully saturated rings. The van der Waals surface area contributed by atoms with E-state index >= 15 is 0 Å². The number of nitrogens with two attached hydrogens (primary N) is 1. The van der Waals surface area contributed by atoms with Gasteiger partial charge in [0.05, 0.1) is 5.69 Å². The molecule has 0 aliphatic rings. The number of carbonyl (C=O) groups is 1. The smallest absolute Gasteiger partial charge is 0.225 e. The zero-order chi connectivity index (χ0) is 12.1. The van der Waals surface area contributed by atoms with Gasteiger partial charge in [-0.15, -0.1) is 0 Å². The number of pyridine rings is 1. The van der Waals surface area contributed by atoms with E-state index in [2.05, 4.69) is 20.4 Å². The lowest BCUT2D eigenvalue weighted by Gasteiger charge is -2.08. The van der Waals surface area contributed by atoms with Gasteiger partial charge in [0.25, 0.3) is 0 Å². The second kappa shape index (κ2) is 5.17. The van der Waals surface area contributed by atoms with Crippen LogP contribution in [0.3, 0.4) is 0 Å². The summed E-state index contributed by atoms with van der Waals surface area (Å²) in [6, 6.07) is 3.48. The van der Waals surface area contributed by atoms with Gasteiger partial charge >= 0.3 is 0 Å². The lowest BCUT2D eigenvalue weighted by Crippen LogP contribution is -2.17. The summed E-state index contributed by atoms with van der Waals surface area (Å²) in [6.07, 6.45) is 4.81. The quantitative estimate of drug-likeness (QED) is 0.770. The molecule has 0 aromatic carbocycles. The second-order valence-corrected chi connectivity index (χ2v) is 3.30. The van der Waals surface area contributed by atoms with Crippen molar-refractivity contribution in [2.75, 3.05) is 11.9 Å². The summed E-state index contributed by atoms with van der Waals surface area (Å²) in [4.78, 5) is 19.5. The minimum Gasteiger partial charge on any atom is -0.330 e. The molecule has 0 aliphatic heterocycles. The molecule has 0 saturated carbocycles. The van der Waals surface area contributed by atoms with Gasteiger partial charge in [0, 0.05) is 19.2 Å². The van der Waals surface area contributed by atoms with E-state index in [1.807, 2.05) is 0 Å². The van der Waals surface area contributed by atoms with Crippen molar-refractivity contribution in [3.05, 3.63) is 31.0 Å². The fourth-order valence-corrected chi connectivity index (χ4v) is 1.34. The molecule has 0 saturated heterocycles. The number of carbonyl (C=O) groups excluding carboxylic acids is 1. The lowest BCUT2D eigenvalue weighted by atomic mass is 10.3. The number of hydrogen-bond acceptors (Lipinski definition) is 5. The van der Waals surface area contributed by atoms with Gasteiger partial charge in [-0.25, -0.2) is 14.6 Å². The Bertz CT molecular complexity index is 495. The summed E-state index contributed by atoms with van der Waals surface area (Å²) < 4.78 is 1.48. The van der Waals surface area contributed by atoms with Crippen molar-refractivity contribution < 1.29 is 4.79 Å². The number of hydrogen-bond donors (Lipinski definition) is 2. The van der Waals surface area contributed by atoms with Crippen molar-refractivity contribution in [1.82, 2.24) is 19.7 Å². The van der Waals surface area contributed by atoms with E-state index in [0.717, 1.165) is 0 Å². The largest absolute Gasteiger partial charge is 0.330 e. The highest BCUT2D eigenvalue weighted by atomic mass is 16.1. The Kier molecular flexibility index (Phi) is 3.41. The van der Waals surface area contributed by atoms with Crippen LogP contribution < -0.4 is 11.1 Å².